The second kappa shape index (κ2) is 4.83. The van der Waals surface area contributed by atoms with Crippen LogP contribution in [0.25, 0.3) is 0 Å². The van der Waals surface area contributed by atoms with Crippen LogP contribution in [0.15, 0.2) is 16.9 Å². The van der Waals surface area contributed by atoms with Gasteiger partial charge in [-0.05, 0) is 0 Å². The van der Waals surface area contributed by atoms with Crippen LogP contribution in [0.4, 0.5) is 5.82 Å². The maximum absolute atomic E-state index is 5.53. The normalized spacial score (nSPS) is 10.2. The molecule has 2 aromatic rings. The molecular weight excluding hydrogens is 240 g/mol. The number of hydrogen-bond acceptors (Lipinski definition) is 7. The molecule has 0 saturated heterocycles. The Labute approximate surface area is 102 Å². The first kappa shape index (κ1) is 11.4. The van der Waals surface area contributed by atoms with E-state index in [-0.39, 0.29) is 4.99 Å². The lowest BCUT2D eigenvalue weighted by atomic mass is 10.4. The molecule has 0 aromatic carbocycles. The Balaban J connectivity index is 2.11. The lowest BCUT2D eigenvalue weighted by Gasteiger charge is -2.06. The predicted molar refractivity (Wildman–Crippen MR) is 64.3 cm³/mol. The van der Waals surface area contributed by atoms with Crippen molar-refractivity contribution in [2.45, 2.75) is 13.5 Å². The van der Waals surface area contributed by atoms with Gasteiger partial charge in [0, 0.05) is 19.3 Å². The maximum atomic E-state index is 5.53. The summed E-state index contributed by atoms with van der Waals surface area (Å²) in [6.45, 7) is 2.09. The summed E-state index contributed by atoms with van der Waals surface area (Å²) in [5.41, 5.74) is 5.97. The van der Waals surface area contributed by atoms with Crippen molar-refractivity contribution in [3.05, 3.63) is 29.8 Å². The van der Waals surface area contributed by atoms with Crippen molar-refractivity contribution < 1.29 is 4.52 Å². The fourth-order valence-corrected chi connectivity index (χ4v) is 1.37. The zero-order chi connectivity index (χ0) is 12.3. The minimum absolute atomic E-state index is 0.185. The van der Waals surface area contributed by atoms with E-state index < -0.39 is 0 Å². The second-order valence-corrected chi connectivity index (χ2v) is 3.64. The molecule has 0 spiro atoms. The van der Waals surface area contributed by atoms with E-state index in [1.165, 1.54) is 6.20 Å². The van der Waals surface area contributed by atoms with Crippen molar-refractivity contribution in [3.63, 3.8) is 0 Å². The molecule has 0 atom stereocenters. The summed E-state index contributed by atoms with van der Waals surface area (Å²) in [5, 5.41) is 6.74. The van der Waals surface area contributed by atoms with Gasteiger partial charge in [-0.15, -0.1) is 0 Å². The SMILES string of the molecule is Cc1nc(CNc2nccnc2C(N)=S)no1. The summed E-state index contributed by atoms with van der Waals surface area (Å²) in [5.74, 6) is 1.54. The Morgan fingerprint density at radius 1 is 1.47 bits per heavy atom. The summed E-state index contributed by atoms with van der Waals surface area (Å²) in [6.07, 6.45) is 3.07. The molecule has 0 aliphatic carbocycles. The third-order valence-electron chi connectivity index (χ3n) is 1.92. The average Bonchev–Trinajstić information content (AvgIpc) is 2.73. The molecule has 2 heterocycles. The molecular formula is C9H10N6OS. The van der Waals surface area contributed by atoms with Crippen molar-refractivity contribution in [2.75, 3.05) is 5.32 Å². The standard InChI is InChI=1S/C9H10N6OS/c1-5-14-6(15-16-5)4-13-9-7(8(10)17)11-2-3-12-9/h2-3H,4H2,1H3,(H2,10,17)(H,12,13). The van der Waals surface area contributed by atoms with Crippen LogP contribution in [0.1, 0.15) is 17.4 Å². The number of rotatable bonds is 4. The van der Waals surface area contributed by atoms with Crippen LogP contribution in [0.2, 0.25) is 0 Å². The summed E-state index contributed by atoms with van der Waals surface area (Å²) in [7, 11) is 0. The fraction of sp³-hybridized carbons (Fsp3) is 0.222. The zero-order valence-corrected chi connectivity index (χ0v) is 9.86. The second-order valence-electron chi connectivity index (χ2n) is 3.20. The van der Waals surface area contributed by atoms with Crippen molar-refractivity contribution in [1.82, 2.24) is 20.1 Å². The summed E-state index contributed by atoms with van der Waals surface area (Å²) >= 11 is 4.87. The molecule has 0 radical (unpaired) electrons. The van der Waals surface area contributed by atoms with Crippen LogP contribution in [0.5, 0.6) is 0 Å². The number of hydrogen-bond donors (Lipinski definition) is 2. The number of nitrogens with zero attached hydrogens (tertiary/aromatic N) is 4. The van der Waals surface area contributed by atoms with Gasteiger partial charge in [0.2, 0.25) is 5.89 Å². The van der Waals surface area contributed by atoms with Crippen LogP contribution in [0.3, 0.4) is 0 Å². The average molecular weight is 250 g/mol. The van der Waals surface area contributed by atoms with Crippen LogP contribution in [-0.2, 0) is 6.54 Å². The van der Waals surface area contributed by atoms with Gasteiger partial charge in [0.1, 0.15) is 10.7 Å². The van der Waals surface area contributed by atoms with E-state index in [2.05, 4.69) is 25.4 Å². The van der Waals surface area contributed by atoms with Crippen LogP contribution in [-0.4, -0.2) is 25.1 Å². The van der Waals surface area contributed by atoms with Gasteiger partial charge in [-0.3, -0.25) is 0 Å². The summed E-state index contributed by atoms with van der Waals surface area (Å²) in [4.78, 5) is 12.4. The van der Waals surface area contributed by atoms with Crippen LogP contribution in [0, 0.1) is 6.92 Å². The molecule has 2 aromatic heterocycles. The molecule has 7 nitrogen and oxygen atoms in total. The lowest BCUT2D eigenvalue weighted by Crippen LogP contribution is -2.16. The van der Waals surface area contributed by atoms with E-state index in [9.17, 15) is 0 Å². The van der Waals surface area contributed by atoms with Crippen molar-refractivity contribution >= 4 is 23.0 Å². The first-order chi connectivity index (χ1) is 8.16. The molecule has 2 rings (SSSR count). The molecule has 17 heavy (non-hydrogen) atoms. The molecule has 0 aliphatic rings. The van der Waals surface area contributed by atoms with E-state index >= 15 is 0 Å². The Morgan fingerprint density at radius 2 is 2.24 bits per heavy atom. The highest BCUT2D eigenvalue weighted by atomic mass is 32.1. The monoisotopic (exact) mass is 250 g/mol. The summed E-state index contributed by atoms with van der Waals surface area (Å²) < 4.78 is 4.84. The first-order valence-corrected chi connectivity index (χ1v) is 5.21. The number of nitrogens with one attached hydrogen (secondary N) is 1. The van der Waals surface area contributed by atoms with E-state index in [1.54, 1.807) is 13.1 Å². The summed E-state index contributed by atoms with van der Waals surface area (Å²) in [6, 6.07) is 0. The molecule has 0 unspecified atom stereocenters. The Bertz CT molecular complexity index is 540. The van der Waals surface area contributed by atoms with Crippen LogP contribution >= 0.6 is 12.2 Å². The molecule has 0 amide bonds. The van der Waals surface area contributed by atoms with Crippen molar-refractivity contribution in [3.8, 4) is 0 Å². The number of nitrogens with two attached hydrogens (primary N) is 1. The highest BCUT2D eigenvalue weighted by Gasteiger charge is 2.08. The smallest absolute Gasteiger partial charge is 0.223 e. The van der Waals surface area contributed by atoms with E-state index in [1.807, 2.05) is 0 Å². The largest absolute Gasteiger partial charge is 0.388 e. The predicted octanol–water partition coefficient (Wildman–Crippen LogP) is 0.414. The zero-order valence-electron chi connectivity index (χ0n) is 9.04. The van der Waals surface area contributed by atoms with Crippen LogP contribution < -0.4 is 11.1 Å². The van der Waals surface area contributed by atoms with Gasteiger partial charge in [0.15, 0.2) is 11.6 Å². The third-order valence-corrected chi connectivity index (χ3v) is 2.11. The minimum Gasteiger partial charge on any atom is -0.388 e. The molecule has 8 heteroatoms. The molecule has 0 aliphatic heterocycles. The van der Waals surface area contributed by atoms with Crippen molar-refractivity contribution in [2.24, 2.45) is 5.73 Å². The first-order valence-electron chi connectivity index (χ1n) is 4.80. The Hall–Kier alpha value is -2.09. The number of thiocarbonyl (C=S) groups is 1. The van der Waals surface area contributed by atoms with Gasteiger partial charge in [-0.1, -0.05) is 17.4 Å². The Morgan fingerprint density at radius 3 is 2.88 bits per heavy atom. The third kappa shape index (κ3) is 2.72. The molecule has 0 bridgehead atoms. The van der Waals surface area contributed by atoms with Gasteiger partial charge in [0.05, 0.1) is 6.54 Å². The highest BCUT2D eigenvalue weighted by molar-refractivity contribution is 7.80. The van der Waals surface area contributed by atoms with Crippen molar-refractivity contribution in [1.29, 1.82) is 0 Å². The molecule has 3 N–H and O–H groups in total. The lowest BCUT2D eigenvalue weighted by molar-refractivity contribution is 0.388. The fourth-order valence-electron chi connectivity index (χ4n) is 1.22. The van der Waals surface area contributed by atoms with Gasteiger partial charge < -0.3 is 15.6 Å². The van der Waals surface area contributed by atoms with E-state index in [0.29, 0.717) is 29.8 Å². The topological polar surface area (TPSA) is 103 Å². The molecule has 0 fully saturated rings. The number of anilines is 1. The highest BCUT2D eigenvalue weighted by Crippen LogP contribution is 2.09. The number of aromatic nitrogens is 4. The molecule has 0 saturated carbocycles. The van der Waals surface area contributed by atoms with Gasteiger partial charge in [-0.25, -0.2) is 9.97 Å². The Kier molecular flexibility index (Phi) is 3.24. The van der Waals surface area contributed by atoms with Gasteiger partial charge >= 0.3 is 0 Å². The number of aryl methyl sites for hydroxylation is 1. The van der Waals surface area contributed by atoms with Gasteiger partial charge in [0.25, 0.3) is 0 Å². The van der Waals surface area contributed by atoms with E-state index in [0.717, 1.165) is 0 Å². The molecule has 88 valence electrons. The van der Waals surface area contributed by atoms with E-state index in [4.69, 9.17) is 22.5 Å². The minimum atomic E-state index is 0.185. The quantitative estimate of drug-likeness (QED) is 0.752. The maximum Gasteiger partial charge on any atom is 0.223 e. The van der Waals surface area contributed by atoms with Gasteiger partial charge in [-0.2, -0.15) is 4.98 Å².